The average molecular weight is 378 g/mol. The van der Waals surface area contributed by atoms with Crippen molar-refractivity contribution in [3.63, 3.8) is 0 Å². The lowest BCUT2D eigenvalue weighted by molar-refractivity contribution is 0.581. The van der Waals surface area contributed by atoms with Gasteiger partial charge in [-0.2, -0.15) is 0 Å². The first-order valence-electron chi connectivity index (χ1n) is 9.16. The third-order valence-electron chi connectivity index (χ3n) is 5.17. The summed E-state index contributed by atoms with van der Waals surface area (Å²) in [6.45, 7) is 6.38. The number of benzene rings is 3. The number of rotatable bonds is 3. The van der Waals surface area contributed by atoms with E-state index in [1.54, 1.807) is 11.8 Å². The van der Waals surface area contributed by atoms with Crippen molar-refractivity contribution in [1.29, 1.82) is 0 Å². The lowest BCUT2D eigenvalue weighted by Crippen LogP contribution is -2.30. The highest BCUT2D eigenvalue weighted by atomic mass is 32.2. The van der Waals surface area contributed by atoms with Crippen molar-refractivity contribution >= 4 is 29.5 Å². The fourth-order valence-corrected chi connectivity index (χ4v) is 8.85. The van der Waals surface area contributed by atoms with Crippen LogP contribution in [0.5, 0.6) is 0 Å². The Balaban J connectivity index is 2.12. The van der Waals surface area contributed by atoms with E-state index in [2.05, 4.69) is 69.3 Å². The van der Waals surface area contributed by atoms with E-state index in [1.807, 2.05) is 18.2 Å². The molecule has 3 aromatic rings. The zero-order valence-electron chi connectivity index (χ0n) is 15.4. The molecule has 0 aliphatic carbocycles. The van der Waals surface area contributed by atoms with Crippen LogP contribution < -0.4 is 10.6 Å². The highest BCUT2D eigenvalue weighted by Gasteiger charge is 2.41. The average Bonchev–Trinajstić information content (AvgIpc) is 2.68. The molecule has 0 N–H and O–H groups in total. The van der Waals surface area contributed by atoms with Gasteiger partial charge < -0.3 is 4.57 Å². The summed E-state index contributed by atoms with van der Waals surface area (Å²) in [7, 11) is -2.73. The van der Waals surface area contributed by atoms with Crippen LogP contribution in [0.15, 0.2) is 76.5 Å². The standard InChI is InChI=1S/C23H23OPS/c1-4-17-14-15-21-23(22(17)18-10-6-5-7-11-18)25(24,16(2)3)19-12-8-9-13-20(19)26-21/h5-16H,4H2,1-3H3. The smallest absolute Gasteiger partial charge is 0.148 e. The number of aryl methyl sites for hydroxylation is 1. The summed E-state index contributed by atoms with van der Waals surface area (Å²) < 4.78 is 14.6. The first kappa shape index (κ1) is 17.6. The maximum absolute atomic E-state index is 14.6. The van der Waals surface area contributed by atoms with Gasteiger partial charge in [0.15, 0.2) is 0 Å². The van der Waals surface area contributed by atoms with Gasteiger partial charge in [0.1, 0.15) is 7.14 Å². The van der Waals surface area contributed by atoms with Gasteiger partial charge in [-0.05, 0) is 35.2 Å². The predicted octanol–water partition coefficient (Wildman–Crippen LogP) is 6.10. The fourth-order valence-electron chi connectivity index (χ4n) is 3.84. The fraction of sp³-hybridized carbons (Fsp3) is 0.217. The summed E-state index contributed by atoms with van der Waals surface area (Å²) in [5, 5.41) is 2.10. The van der Waals surface area contributed by atoms with E-state index in [0.29, 0.717) is 0 Å². The van der Waals surface area contributed by atoms with Crippen LogP contribution in [0.25, 0.3) is 11.1 Å². The van der Waals surface area contributed by atoms with E-state index in [9.17, 15) is 4.57 Å². The molecule has 0 spiro atoms. The van der Waals surface area contributed by atoms with Gasteiger partial charge in [-0.3, -0.25) is 0 Å². The van der Waals surface area contributed by atoms with Gasteiger partial charge in [-0.1, -0.05) is 87.1 Å². The molecule has 0 saturated carbocycles. The first-order chi connectivity index (χ1) is 12.6. The lowest BCUT2D eigenvalue weighted by atomic mass is 9.98. The second kappa shape index (κ2) is 6.76. The third-order valence-corrected chi connectivity index (χ3v) is 10.3. The Hall–Kier alpha value is -1.76. The van der Waals surface area contributed by atoms with Crippen molar-refractivity contribution < 1.29 is 4.57 Å². The Bertz CT molecular complexity index is 1010. The number of fused-ring (bicyclic) bond motifs is 2. The molecule has 0 saturated heterocycles. The largest absolute Gasteiger partial charge is 0.313 e. The van der Waals surface area contributed by atoms with E-state index in [1.165, 1.54) is 16.7 Å². The zero-order chi connectivity index (χ0) is 18.3. The molecule has 1 unspecified atom stereocenters. The molecule has 1 nitrogen and oxygen atoms in total. The summed E-state index contributed by atoms with van der Waals surface area (Å²) >= 11 is 1.76. The highest BCUT2D eigenvalue weighted by molar-refractivity contribution is 8.02. The van der Waals surface area contributed by atoms with Crippen molar-refractivity contribution in [2.45, 2.75) is 42.6 Å². The molecular weight excluding hydrogens is 355 g/mol. The predicted molar refractivity (Wildman–Crippen MR) is 114 cm³/mol. The van der Waals surface area contributed by atoms with Crippen molar-refractivity contribution in [3.05, 3.63) is 72.3 Å². The lowest BCUT2D eigenvalue weighted by Gasteiger charge is -2.33. The number of hydrogen-bond acceptors (Lipinski definition) is 2. The maximum atomic E-state index is 14.6. The minimum atomic E-state index is -2.73. The summed E-state index contributed by atoms with van der Waals surface area (Å²) in [4.78, 5) is 2.29. The van der Waals surface area contributed by atoms with Gasteiger partial charge in [-0.25, -0.2) is 0 Å². The van der Waals surface area contributed by atoms with E-state index in [-0.39, 0.29) is 5.66 Å². The molecule has 1 aliphatic heterocycles. The van der Waals surface area contributed by atoms with Gasteiger partial charge in [0.05, 0.1) is 0 Å². The molecule has 1 aliphatic rings. The van der Waals surface area contributed by atoms with Crippen molar-refractivity contribution in [2.24, 2.45) is 0 Å². The molecule has 3 aromatic carbocycles. The Kier molecular flexibility index (Phi) is 4.59. The Labute approximate surface area is 160 Å². The van der Waals surface area contributed by atoms with Crippen LogP contribution in [0.1, 0.15) is 26.3 Å². The van der Waals surface area contributed by atoms with Gasteiger partial charge >= 0.3 is 0 Å². The van der Waals surface area contributed by atoms with Gasteiger partial charge in [0, 0.05) is 26.1 Å². The quantitative estimate of drug-likeness (QED) is 0.512. The summed E-state index contributed by atoms with van der Waals surface area (Å²) in [5.41, 5.74) is 3.69. The monoisotopic (exact) mass is 378 g/mol. The van der Waals surface area contributed by atoms with Crippen LogP contribution in [0.2, 0.25) is 0 Å². The Morgan fingerprint density at radius 3 is 2.27 bits per heavy atom. The third kappa shape index (κ3) is 2.59. The molecule has 132 valence electrons. The molecular formula is C23H23OPS. The molecule has 0 bridgehead atoms. The normalized spacial score (nSPS) is 18.5. The topological polar surface area (TPSA) is 17.1 Å². The van der Waals surface area contributed by atoms with E-state index >= 15 is 0 Å². The maximum Gasteiger partial charge on any atom is 0.148 e. The summed E-state index contributed by atoms with van der Waals surface area (Å²) in [5.74, 6) is 0. The molecule has 3 heteroatoms. The Morgan fingerprint density at radius 1 is 0.885 bits per heavy atom. The van der Waals surface area contributed by atoms with E-state index in [0.717, 1.165) is 26.8 Å². The SMILES string of the molecule is CCc1ccc2c(c1-c1ccccc1)P(=O)(C(C)C)c1ccccc1S2. The molecule has 0 radical (unpaired) electrons. The van der Waals surface area contributed by atoms with Gasteiger partial charge in [0.2, 0.25) is 0 Å². The second-order valence-electron chi connectivity index (χ2n) is 6.99. The molecule has 26 heavy (non-hydrogen) atoms. The summed E-state index contributed by atoms with van der Waals surface area (Å²) in [6.07, 6.45) is 0.932. The van der Waals surface area contributed by atoms with Crippen LogP contribution >= 0.6 is 18.9 Å². The molecule has 0 fully saturated rings. The number of hydrogen-bond donors (Lipinski definition) is 0. The van der Waals surface area contributed by atoms with Crippen molar-refractivity contribution in [1.82, 2.24) is 0 Å². The van der Waals surface area contributed by atoms with Crippen LogP contribution in [0.4, 0.5) is 0 Å². The second-order valence-corrected chi connectivity index (χ2v) is 11.3. The van der Waals surface area contributed by atoms with E-state index < -0.39 is 7.14 Å². The zero-order valence-corrected chi connectivity index (χ0v) is 17.1. The Morgan fingerprint density at radius 2 is 1.58 bits per heavy atom. The first-order valence-corrected chi connectivity index (χ1v) is 11.8. The summed E-state index contributed by atoms with van der Waals surface area (Å²) in [6, 6.07) is 23.1. The van der Waals surface area contributed by atoms with Crippen LogP contribution in [0, 0.1) is 0 Å². The molecule has 0 aromatic heterocycles. The van der Waals surface area contributed by atoms with Crippen molar-refractivity contribution in [2.75, 3.05) is 0 Å². The van der Waals surface area contributed by atoms with Crippen LogP contribution in [-0.2, 0) is 11.0 Å². The van der Waals surface area contributed by atoms with Crippen LogP contribution in [0.3, 0.4) is 0 Å². The van der Waals surface area contributed by atoms with Gasteiger partial charge in [0.25, 0.3) is 0 Å². The van der Waals surface area contributed by atoms with Gasteiger partial charge in [-0.15, -0.1) is 0 Å². The minimum absolute atomic E-state index is 0.0675. The van der Waals surface area contributed by atoms with E-state index in [4.69, 9.17) is 0 Å². The van der Waals surface area contributed by atoms with Crippen molar-refractivity contribution in [3.8, 4) is 11.1 Å². The van der Waals surface area contributed by atoms with Crippen LogP contribution in [-0.4, -0.2) is 5.66 Å². The molecule has 1 heterocycles. The molecule has 4 rings (SSSR count). The molecule has 1 atom stereocenters. The minimum Gasteiger partial charge on any atom is -0.313 e. The highest BCUT2D eigenvalue weighted by Crippen LogP contribution is 2.58. The molecule has 0 amide bonds.